The Bertz CT molecular complexity index is 318. The molecule has 1 aliphatic heterocycles. The van der Waals surface area contributed by atoms with Crippen LogP contribution < -0.4 is 0 Å². The van der Waals surface area contributed by atoms with Crippen molar-refractivity contribution in [1.82, 2.24) is 0 Å². The molecule has 126 valence electrons. The van der Waals surface area contributed by atoms with Crippen molar-refractivity contribution in [2.24, 2.45) is 0 Å². The summed E-state index contributed by atoms with van der Waals surface area (Å²) in [5.41, 5.74) is 0. The maximum absolute atomic E-state index is 13.2. The van der Waals surface area contributed by atoms with Gasteiger partial charge in [-0.05, 0) is 19.3 Å². The van der Waals surface area contributed by atoms with Crippen molar-refractivity contribution in [1.29, 1.82) is 0 Å². The maximum Gasteiger partial charge on any atom is 0.313 e. The van der Waals surface area contributed by atoms with E-state index in [9.17, 15) is 26.3 Å². The molecule has 0 aromatic carbocycles. The van der Waals surface area contributed by atoms with E-state index in [-0.39, 0.29) is 6.61 Å². The molecule has 0 radical (unpaired) electrons. The van der Waals surface area contributed by atoms with Gasteiger partial charge in [0, 0.05) is 0 Å². The Hall–Kier alpha value is -0.500. The summed E-state index contributed by atoms with van der Waals surface area (Å²) in [6.45, 7) is 1.13. The molecule has 1 fully saturated rings. The number of likely N-dealkylation sites (N-methyl/N-ethyl adjacent to an activating group) is 1. The van der Waals surface area contributed by atoms with Gasteiger partial charge in [-0.2, -0.15) is 0 Å². The van der Waals surface area contributed by atoms with Crippen LogP contribution in [0.15, 0.2) is 0 Å². The summed E-state index contributed by atoms with van der Waals surface area (Å²) in [5.74, 6) is -8.65. The Morgan fingerprint density at radius 1 is 1.05 bits per heavy atom. The van der Waals surface area contributed by atoms with E-state index in [1.54, 1.807) is 0 Å². The summed E-state index contributed by atoms with van der Waals surface area (Å²) < 4.78 is 80.9. The molecule has 21 heavy (non-hydrogen) atoms. The molecule has 0 N–H and O–H groups in total. The van der Waals surface area contributed by atoms with Crippen molar-refractivity contribution >= 4 is 0 Å². The molecule has 1 saturated heterocycles. The lowest BCUT2D eigenvalue weighted by Gasteiger charge is -2.37. The van der Waals surface area contributed by atoms with E-state index in [1.165, 1.54) is 0 Å². The summed E-state index contributed by atoms with van der Waals surface area (Å²) in [6, 6.07) is 0. The van der Waals surface area contributed by atoms with Crippen LogP contribution in [0, 0.1) is 0 Å². The van der Waals surface area contributed by atoms with E-state index in [1.807, 2.05) is 7.05 Å². The molecule has 1 heterocycles. The number of rotatable bonds is 8. The van der Waals surface area contributed by atoms with Gasteiger partial charge in [-0.1, -0.05) is 0 Å². The third-order valence-corrected chi connectivity index (χ3v) is 3.80. The quantitative estimate of drug-likeness (QED) is 0.377. The minimum absolute atomic E-state index is 0.00629. The van der Waals surface area contributed by atoms with Crippen molar-refractivity contribution in [2.45, 2.75) is 44.0 Å². The lowest BCUT2D eigenvalue weighted by molar-refractivity contribution is -0.914. The predicted octanol–water partition coefficient (Wildman–Crippen LogP) is 3.56. The van der Waals surface area contributed by atoms with Crippen LogP contribution in [0.2, 0.25) is 0 Å². The highest BCUT2D eigenvalue weighted by atomic mass is 19.3. The number of likely N-dealkylation sites (tertiary alicyclic amines) is 1. The minimum Gasteiger partial charge on any atom is -0.369 e. The molecular formula is C13H22F6NO+. The van der Waals surface area contributed by atoms with Crippen LogP contribution in [0.4, 0.5) is 26.3 Å². The van der Waals surface area contributed by atoms with Crippen molar-refractivity contribution in [2.75, 3.05) is 39.9 Å². The maximum atomic E-state index is 13.2. The SMILES string of the molecule is C[N+]1(CCOCC(F)(F)CC(F)(F)C(F)F)CCCCC1. The molecule has 0 saturated carbocycles. The molecule has 0 atom stereocenters. The Balaban J connectivity index is 2.30. The molecule has 1 rings (SSSR count). The molecule has 0 aliphatic carbocycles. The van der Waals surface area contributed by atoms with Gasteiger partial charge >= 0.3 is 12.3 Å². The third kappa shape index (κ3) is 6.42. The van der Waals surface area contributed by atoms with Crippen LogP contribution in [0.1, 0.15) is 25.7 Å². The van der Waals surface area contributed by atoms with Crippen LogP contribution in [-0.4, -0.2) is 62.6 Å². The summed E-state index contributed by atoms with van der Waals surface area (Å²) in [6.07, 6.45) is -3.01. The zero-order valence-electron chi connectivity index (χ0n) is 12.1. The molecule has 0 bridgehead atoms. The fraction of sp³-hybridized carbons (Fsp3) is 1.00. The normalized spacial score (nSPS) is 20.0. The van der Waals surface area contributed by atoms with E-state index in [0.717, 1.165) is 32.4 Å². The highest BCUT2D eigenvalue weighted by molar-refractivity contribution is 4.79. The van der Waals surface area contributed by atoms with Gasteiger partial charge in [0.25, 0.3) is 5.92 Å². The summed E-state index contributed by atoms with van der Waals surface area (Å²) in [4.78, 5) is 0. The lowest BCUT2D eigenvalue weighted by Crippen LogP contribution is -2.50. The Morgan fingerprint density at radius 3 is 2.14 bits per heavy atom. The zero-order valence-corrected chi connectivity index (χ0v) is 12.1. The van der Waals surface area contributed by atoms with Gasteiger partial charge < -0.3 is 9.22 Å². The largest absolute Gasteiger partial charge is 0.369 e. The van der Waals surface area contributed by atoms with E-state index < -0.39 is 31.3 Å². The van der Waals surface area contributed by atoms with E-state index in [0.29, 0.717) is 11.0 Å². The van der Waals surface area contributed by atoms with Gasteiger partial charge in [-0.3, -0.25) is 0 Å². The number of alkyl halides is 6. The van der Waals surface area contributed by atoms with E-state index in [2.05, 4.69) is 0 Å². The third-order valence-electron chi connectivity index (χ3n) is 3.80. The molecule has 8 heteroatoms. The number of quaternary nitrogens is 1. The zero-order chi connectivity index (χ0) is 16.1. The Kier molecular flexibility index (Phi) is 6.34. The van der Waals surface area contributed by atoms with Gasteiger partial charge in [0.05, 0.1) is 33.2 Å². The first-order valence-electron chi connectivity index (χ1n) is 7.01. The van der Waals surface area contributed by atoms with Crippen molar-refractivity contribution in [3.8, 4) is 0 Å². The van der Waals surface area contributed by atoms with Crippen molar-refractivity contribution in [3.05, 3.63) is 0 Å². The number of ether oxygens (including phenoxy) is 1. The molecular weight excluding hydrogens is 300 g/mol. The molecule has 0 amide bonds. The monoisotopic (exact) mass is 322 g/mol. The molecule has 1 aliphatic rings. The highest BCUT2D eigenvalue weighted by Crippen LogP contribution is 2.35. The number of hydrogen-bond donors (Lipinski definition) is 0. The fourth-order valence-corrected chi connectivity index (χ4v) is 2.48. The molecule has 2 nitrogen and oxygen atoms in total. The second-order valence-corrected chi connectivity index (χ2v) is 6.00. The second kappa shape index (κ2) is 7.17. The van der Waals surface area contributed by atoms with Gasteiger partial charge in [0.2, 0.25) is 0 Å². The first kappa shape index (κ1) is 18.5. The highest BCUT2D eigenvalue weighted by Gasteiger charge is 2.49. The van der Waals surface area contributed by atoms with Crippen molar-refractivity contribution in [3.63, 3.8) is 0 Å². The van der Waals surface area contributed by atoms with Gasteiger partial charge in [-0.25, -0.2) is 26.3 Å². The fourth-order valence-electron chi connectivity index (χ4n) is 2.48. The predicted molar refractivity (Wildman–Crippen MR) is 66.0 cm³/mol. The lowest BCUT2D eigenvalue weighted by atomic mass is 10.1. The number of nitrogens with zero attached hydrogens (tertiary/aromatic N) is 1. The molecule has 0 unspecified atom stereocenters. The minimum atomic E-state index is -4.70. The molecule has 0 aromatic rings. The first-order chi connectivity index (χ1) is 9.56. The standard InChI is InChI=1S/C13H22F6NO/c1-20(5-3-2-4-6-20)7-8-21-10-12(16,17)9-13(18,19)11(14)15/h11H,2-10H2,1H3/q+1. The molecule has 0 spiro atoms. The Morgan fingerprint density at radius 2 is 1.62 bits per heavy atom. The smallest absolute Gasteiger partial charge is 0.313 e. The van der Waals surface area contributed by atoms with Crippen LogP contribution in [0.25, 0.3) is 0 Å². The van der Waals surface area contributed by atoms with Crippen LogP contribution in [0.5, 0.6) is 0 Å². The van der Waals surface area contributed by atoms with Gasteiger partial charge in [-0.15, -0.1) is 0 Å². The van der Waals surface area contributed by atoms with E-state index >= 15 is 0 Å². The average molecular weight is 322 g/mol. The van der Waals surface area contributed by atoms with Crippen molar-refractivity contribution < 1.29 is 35.6 Å². The van der Waals surface area contributed by atoms with Crippen LogP contribution >= 0.6 is 0 Å². The summed E-state index contributed by atoms with van der Waals surface area (Å²) in [5, 5.41) is 0. The van der Waals surface area contributed by atoms with Crippen LogP contribution in [-0.2, 0) is 4.74 Å². The topological polar surface area (TPSA) is 9.23 Å². The van der Waals surface area contributed by atoms with Crippen LogP contribution in [0.3, 0.4) is 0 Å². The number of hydrogen-bond acceptors (Lipinski definition) is 1. The molecule has 0 aromatic heterocycles. The van der Waals surface area contributed by atoms with Gasteiger partial charge in [0.1, 0.15) is 13.2 Å². The Labute approximate surface area is 120 Å². The number of piperidine rings is 1. The van der Waals surface area contributed by atoms with Gasteiger partial charge in [0.15, 0.2) is 0 Å². The number of halogens is 6. The summed E-state index contributed by atoms with van der Waals surface area (Å²) >= 11 is 0. The summed E-state index contributed by atoms with van der Waals surface area (Å²) in [7, 11) is 1.99. The average Bonchev–Trinajstić information content (AvgIpc) is 2.34. The first-order valence-corrected chi connectivity index (χ1v) is 7.01. The second-order valence-electron chi connectivity index (χ2n) is 6.00. The van der Waals surface area contributed by atoms with E-state index in [4.69, 9.17) is 4.74 Å².